The van der Waals surface area contributed by atoms with Crippen molar-refractivity contribution in [1.29, 1.82) is 0 Å². The largest absolute Gasteiger partial charge is 0.466 e. The van der Waals surface area contributed by atoms with Gasteiger partial charge in [0.1, 0.15) is 12.1 Å². The lowest BCUT2D eigenvalue weighted by atomic mass is 10.1. The van der Waals surface area contributed by atoms with Gasteiger partial charge in [-0.25, -0.2) is 9.59 Å². The normalized spacial score (nSPS) is 20.4. The van der Waals surface area contributed by atoms with E-state index >= 15 is 0 Å². The van der Waals surface area contributed by atoms with Crippen LogP contribution in [0.2, 0.25) is 0 Å². The van der Waals surface area contributed by atoms with Crippen molar-refractivity contribution in [2.45, 2.75) is 64.5 Å². The van der Waals surface area contributed by atoms with Crippen molar-refractivity contribution in [2.24, 2.45) is 0 Å². The minimum Gasteiger partial charge on any atom is -0.466 e. The van der Waals surface area contributed by atoms with Gasteiger partial charge in [0.2, 0.25) is 0 Å². The van der Waals surface area contributed by atoms with Gasteiger partial charge in [0, 0.05) is 25.9 Å². The summed E-state index contributed by atoms with van der Waals surface area (Å²) in [6.07, 6.45) is 1.18. The molecule has 2 saturated heterocycles. The Morgan fingerprint density at radius 1 is 0.750 bits per heavy atom. The van der Waals surface area contributed by atoms with E-state index in [1.165, 1.54) is 0 Å². The summed E-state index contributed by atoms with van der Waals surface area (Å²) in [5, 5.41) is 5.10. The highest BCUT2D eigenvalue weighted by Gasteiger charge is 2.39. The third kappa shape index (κ3) is 6.66. The molecule has 12 heteroatoms. The number of esters is 2. The number of nitrogens with one attached hydrogen (secondary N) is 2. The molecule has 12 nitrogen and oxygen atoms in total. The Labute approximate surface area is 185 Å². The van der Waals surface area contributed by atoms with E-state index in [9.17, 15) is 28.8 Å². The molecule has 2 fully saturated rings. The number of carbonyl (C=O) groups is 6. The highest BCUT2D eigenvalue weighted by molar-refractivity contribution is 6.05. The van der Waals surface area contributed by atoms with Gasteiger partial charge in [0.25, 0.3) is 11.8 Å². The van der Waals surface area contributed by atoms with Gasteiger partial charge in [-0.15, -0.1) is 0 Å². The van der Waals surface area contributed by atoms with Crippen LogP contribution in [0.5, 0.6) is 0 Å². The van der Waals surface area contributed by atoms with E-state index in [0.717, 1.165) is 9.80 Å². The quantitative estimate of drug-likeness (QED) is 0.229. The predicted octanol–water partition coefficient (Wildman–Crippen LogP) is 0.294. The number of imide groups is 2. The molecule has 0 aliphatic carbocycles. The first kappa shape index (κ1) is 25.1. The maximum Gasteiger partial charge on any atom is 0.324 e. The van der Waals surface area contributed by atoms with Crippen LogP contribution < -0.4 is 10.6 Å². The molecule has 2 unspecified atom stereocenters. The van der Waals surface area contributed by atoms with Crippen LogP contribution in [0.15, 0.2) is 0 Å². The van der Waals surface area contributed by atoms with Crippen LogP contribution in [0.1, 0.15) is 52.4 Å². The second kappa shape index (κ2) is 12.0. The van der Waals surface area contributed by atoms with Crippen LogP contribution in [-0.4, -0.2) is 84.0 Å². The van der Waals surface area contributed by atoms with Crippen molar-refractivity contribution >= 4 is 35.8 Å². The zero-order valence-electron chi connectivity index (χ0n) is 18.4. The van der Waals surface area contributed by atoms with Gasteiger partial charge in [-0.2, -0.15) is 0 Å². The van der Waals surface area contributed by atoms with Crippen molar-refractivity contribution < 1.29 is 38.2 Å². The number of urea groups is 2. The molecule has 0 aromatic carbocycles. The average Bonchev–Trinajstić information content (AvgIpc) is 3.17. The molecule has 2 atom stereocenters. The van der Waals surface area contributed by atoms with Crippen molar-refractivity contribution in [1.82, 2.24) is 20.4 Å². The Hall–Kier alpha value is -3.18. The first-order chi connectivity index (χ1) is 15.3. The van der Waals surface area contributed by atoms with Crippen LogP contribution >= 0.6 is 0 Å². The van der Waals surface area contributed by atoms with Gasteiger partial charge >= 0.3 is 24.0 Å². The zero-order valence-corrected chi connectivity index (χ0v) is 18.4. The van der Waals surface area contributed by atoms with E-state index in [0.29, 0.717) is 12.8 Å². The van der Waals surface area contributed by atoms with E-state index in [1.54, 1.807) is 13.8 Å². The maximum atomic E-state index is 12.4. The molecule has 178 valence electrons. The molecule has 0 saturated carbocycles. The number of hydrogen-bond acceptors (Lipinski definition) is 8. The monoisotopic (exact) mass is 454 g/mol. The van der Waals surface area contributed by atoms with Crippen LogP contribution in [0.3, 0.4) is 0 Å². The van der Waals surface area contributed by atoms with E-state index < -0.39 is 47.9 Å². The average molecular weight is 454 g/mol. The molecule has 6 amide bonds. The molecule has 0 aromatic rings. The zero-order chi connectivity index (χ0) is 23.7. The number of unbranched alkanes of at least 4 members (excludes halogenated alkanes) is 1. The third-order valence-corrected chi connectivity index (χ3v) is 5.11. The minimum atomic E-state index is -0.766. The van der Waals surface area contributed by atoms with Crippen molar-refractivity contribution in [2.75, 3.05) is 26.3 Å². The highest BCUT2D eigenvalue weighted by Crippen LogP contribution is 2.15. The fourth-order valence-electron chi connectivity index (χ4n) is 3.50. The van der Waals surface area contributed by atoms with E-state index in [1.807, 2.05) is 0 Å². The number of hydrogen-bond donors (Lipinski definition) is 2. The molecule has 0 spiro atoms. The topological polar surface area (TPSA) is 151 Å². The Morgan fingerprint density at radius 3 is 1.47 bits per heavy atom. The molecular formula is C20H30N4O8. The fraction of sp³-hybridized carbons (Fsp3) is 0.700. The van der Waals surface area contributed by atoms with E-state index in [2.05, 4.69) is 10.6 Å². The summed E-state index contributed by atoms with van der Waals surface area (Å²) in [7, 11) is 0. The number of carbonyl (C=O) groups excluding carboxylic acids is 6. The Bertz CT molecular complexity index is 694. The van der Waals surface area contributed by atoms with E-state index in [-0.39, 0.29) is 52.0 Å². The molecule has 2 rings (SSSR count). The van der Waals surface area contributed by atoms with Gasteiger partial charge in [0.05, 0.1) is 13.2 Å². The standard InChI is InChI=1S/C20H30N4O8/c1-3-31-15(25)9-7-13-17(27)23(19(29)21-13)11-5-6-12-24-18(28)14(22-20(24)30)8-10-16(26)32-4-2/h13-14H,3-12H2,1-2H3,(H,21,29)(H,22,30). The van der Waals surface area contributed by atoms with Crippen molar-refractivity contribution in [3.8, 4) is 0 Å². The Balaban J connectivity index is 1.72. The van der Waals surface area contributed by atoms with Crippen LogP contribution in [0.4, 0.5) is 9.59 Å². The summed E-state index contributed by atoms with van der Waals surface area (Å²) in [4.78, 5) is 73.9. The first-order valence-electron chi connectivity index (χ1n) is 10.8. The molecule has 32 heavy (non-hydrogen) atoms. The minimum absolute atomic E-state index is 0.0296. The summed E-state index contributed by atoms with van der Waals surface area (Å²) < 4.78 is 9.63. The molecule has 2 aliphatic rings. The molecule has 0 bridgehead atoms. The maximum absolute atomic E-state index is 12.4. The Morgan fingerprint density at radius 2 is 1.12 bits per heavy atom. The highest BCUT2D eigenvalue weighted by atomic mass is 16.5. The van der Waals surface area contributed by atoms with Crippen molar-refractivity contribution in [3.63, 3.8) is 0 Å². The van der Waals surface area contributed by atoms with Gasteiger partial charge in [-0.3, -0.25) is 29.0 Å². The lowest BCUT2D eigenvalue weighted by Crippen LogP contribution is -2.35. The second-order valence-electron chi connectivity index (χ2n) is 7.38. The fourth-order valence-corrected chi connectivity index (χ4v) is 3.50. The molecular weight excluding hydrogens is 424 g/mol. The molecule has 0 aromatic heterocycles. The summed E-state index contributed by atoms with van der Waals surface area (Å²) in [6, 6.07) is -2.59. The lowest BCUT2D eigenvalue weighted by Gasteiger charge is -2.15. The first-order valence-corrected chi connectivity index (χ1v) is 10.8. The number of amides is 6. The summed E-state index contributed by atoms with van der Waals surface area (Å²) in [6.45, 7) is 4.14. The van der Waals surface area contributed by atoms with Gasteiger partial charge in [-0.1, -0.05) is 0 Å². The number of nitrogens with zero attached hydrogens (tertiary/aromatic N) is 2. The Kier molecular flexibility index (Phi) is 9.41. The predicted molar refractivity (Wildman–Crippen MR) is 109 cm³/mol. The SMILES string of the molecule is CCOC(=O)CCC1NC(=O)N(CCCCN2C(=O)NC(CCC(=O)OCC)C2=O)C1=O. The summed E-state index contributed by atoms with van der Waals surface area (Å²) in [5.74, 6) is -1.68. The molecule has 0 radical (unpaired) electrons. The van der Waals surface area contributed by atoms with Gasteiger partial charge < -0.3 is 20.1 Å². The third-order valence-electron chi connectivity index (χ3n) is 5.11. The number of rotatable bonds is 13. The summed E-state index contributed by atoms with van der Waals surface area (Å²) >= 11 is 0. The van der Waals surface area contributed by atoms with Crippen molar-refractivity contribution in [3.05, 3.63) is 0 Å². The molecule has 2 heterocycles. The summed E-state index contributed by atoms with van der Waals surface area (Å²) in [5.41, 5.74) is 0. The van der Waals surface area contributed by atoms with Gasteiger partial charge in [0.15, 0.2) is 0 Å². The van der Waals surface area contributed by atoms with E-state index in [4.69, 9.17) is 9.47 Å². The van der Waals surface area contributed by atoms with Crippen LogP contribution in [-0.2, 0) is 28.7 Å². The molecule has 2 N–H and O–H groups in total. The van der Waals surface area contributed by atoms with Crippen LogP contribution in [0, 0.1) is 0 Å². The lowest BCUT2D eigenvalue weighted by molar-refractivity contribution is -0.144. The van der Waals surface area contributed by atoms with Crippen LogP contribution in [0.25, 0.3) is 0 Å². The number of ether oxygens (including phenoxy) is 2. The molecule has 2 aliphatic heterocycles. The smallest absolute Gasteiger partial charge is 0.324 e. The van der Waals surface area contributed by atoms with Gasteiger partial charge in [-0.05, 0) is 39.5 Å². The second-order valence-corrected chi connectivity index (χ2v) is 7.38.